The lowest BCUT2D eigenvalue weighted by atomic mass is 9.87. The Kier molecular flexibility index (Phi) is 2.89. The van der Waals surface area contributed by atoms with Crippen LogP contribution in [-0.4, -0.2) is 44.5 Å². The van der Waals surface area contributed by atoms with Crippen LogP contribution in [-0.2, 0) is 0 Å². The van der Waals surface area contributed by atoms with Crippen LogP contribution >= 0.6 is 0 Å². The number of hydrogen-bond acceptors (Lipinski definition) is 5. The van der Waals surface area contributed by atoms with Crippen molar-refractivity contribution in [3.63, 3.8) is 0 Å². The maximum atomic E-state index is 9.98. The van der Waals surface area contributed by atoms with E-state index >= 15 is 0 Å². The van der Waals surface area contributed by atoms with Crippen LogP contribution in [0.2, 0.25) is 0 Å². The summed E-state index contributed by atoms with van der Waals surface area (Å²) in [5.41, 5.74) is 0.823. The van der Waals surface area contributed by atoms with Gasteiger partial charge in [-0.25, -0.2) is 9.97 Å². The van der Waals surface area contributed by atoms with Gasteiger partial charge in [0, 0.05) is 13.1 Å². The summed E-state index contributed by atoms with van der Waals surface area (Å²) >= 11 is 0. The van der Waals surface area contributed by atoms with Crippen molar-refractivity contribution in [1.82, 2.24) is 20.2 Å². The summed E-state index contributed by atoms with van der Waals surface area (Å²) < 4.78 is 0. The molecule has 19 heavy (non-hydrogen) atoms. The van der Waals surface area contributed by atoms with Gasteiger partial charge in [-0.05, 0) is 18.3 Å². The second kappa shape index (κ2) is 4.45. The Morgan fingerprint density at radius 3 is 3.11 bits per heavy atom. The van der Waals surface area contributed by atoms with Crippen LogP contribution in [0.4, 0.5) is 5.82 Å². The number of anilines is 1. The number of nitrogens with zero attached hydrogens (tertiary/aromatic N) is 4. The van der Waals surface area contributed by atoms with Crippen molar-refractivity contribution >= 4 is 16.9 Å². The van der Waals surface area contributed by atoms with Gasteiger partial charge in [0.05, 0.1) is 17.7 Å². The number of aliphatic hydroxyl groups is 1. The molecule has 1 aliphatic heterocycles. The van der Waals surface area contributed by atoms with Crippen LogP contribution in [0.1, 0.15) is 26.7 Å². The van der Waals surface area contributed by atoms with Gasteiger partial charge in [-0.1, -0.05) is 13.8 Å². The van der Waals surface area contributed by atoms with Gasteiger partial charge in [0.2, 0.25) is 0 Å². The molecule has 3 rings (SSSR count). The third-order valence-electron chi connectivity index (χ3n) is 3.67. The summed E-state index contributed by atoms with van der Waals surface area (Å²) in [5, 5.41) is 17.8. The molecule has 0 aliphatic carbocycles. The average molecular weight is 261 g/mol. The Hall–Kier alpha value is -1.69. The smallest absolute Gasteiger partial charge is 0.160 e. The molecule has 0 amide bonds. The van der Waals surface area contributed by atoms with Crippen molar-refractivity contribution in [2.45, 2.75) is 32.8 Å². The van der Waals surface area contributed by atoms with Crippen molar-refractivity contribution in [2.24, 2.45) is 5.41 Å². The Balaban J connectivity index is 1.98. The molecule has 1 fully saturated rings. The topological polar surface area (TPSA) is 77.9 Å². The van der Waals surface area contributed by atoms with Crippen LogP contribution in [0.3, 0.4) is 0 Å². The molecule has 6 heteroatoms. The lowest BCUT2D eigenvalue weighted by Gasteiger charge is -2.30. The Morgan fingerprint density at radius 1 is 1.42 bits per heavy atom. The predicted octanol–water partition coefficient (Wildman–Crippen LogP) is 1.34. The SMILES string of the molecule is CC1(C)CC(O)CCN(c2ncnc3[nH]ncc23)C1. The molecule has 2 aromatic heterocycles. The number of aromatic nitrogens is 4. The minimum absolute atomic E-state index is 0.0664. The van der Waals surface area contributed by atoms with Gasteiger partial charge in [0.15, 0.2) is 5.65 Å². The van der Waals surface area contributed by atoms with E-state index < -0.39 is 0 Å². The molecule has 1 aliphatic rings. The lowest BCUT2D eigenvalue weighted by Crippen LogP contribution is -2.33. The average Bonchev–Trinajstić information content (AvgIpc) is 2.76. The largest absolute Gasteiger partial charge is 0.393 e. The zero-order valence-electron chi connectivity index (χ0n) is 11.3. The first-order valence-electron chi connectivity index (χ1n) is 6.62. The summed E-state index contributed by atoms with van der Waals surface area (Å²) in [6.07, 6.45) is 4.68. The Labute approximate surface area is 111 Å². The van der Waals surface area contributed by atoms with E-state index in [0.29, 0.717) is 0 Å². The molecule has 3 heterocycles. The number of aromatic amines is 1. The molecule has 0 bridgehead atoms. The van der Waals surface area contributed by atoms with Gasteiger partial charge in [-0.2, -0.15) is 5.10 Å². The standard InChI is InChI=1S/C13H19N5O/c1-13(2)5-9(19)3-4-18(7-13)12-10-6-16-17-11(10)14-8-15-12/h6,8-9,19H,3-5,7H2,1-2H3,(H,14,15,16,17). The zero-order valence-corrected chi connectivity index (χ0v) is 11.3. The Bertz CT molecular complexity index is 579. The predicted molar refractivity (Wildman–Crippen MR) is 72.9 cm³/mol. The first-order chi connectivity index (χ1) is 9.05. The summed E-state index contributed by atoms with van der Waals surface area (Å²) in [6.45, 7) is 6.05. The molecule has 1 atom stereocenters. The van der Waals surface area contributed by atoms with Crippen molar-refractivity contribution in [3.05, 3.63) is 12.5 Å². The number of fused-ring (bicyclic) bond motifs is 1. The first kappa shape index (κ1) is 12.3. The first-order valence-corrected chi connectivity index (χ1v) is 6.62. The van der Waals surface area contributed by atoms with Crippen molar-refractivity contribution in [3.8, 4) is 0 Å². The maximum Gasteiger partial charge on any atom is 0.160 e. The van der Waals surface area contributed by atoms with Crippen molar-refractivity contribution in [1.29, 1.82) is 0 Å². The molecule has 2 aromatic rings. The van der Waals surface area contributed by atoms with E-state index in [-0.39, 0.29) is 11.5 Å². The number of H-pyrrole nitrogens is 1. The molecule has 0 saturated carbocycles. The van der Waals surface area contributed by atoms with Gasteiger partial charge < -0.3 is 10.0 Å². The number of nitrogens with one attached hydrogen (secondary N) is 1. The van der Waals surface area contributed by atoms with E-state index in [2.05, 4.69) is 38.9 Å². The van der Waals surface area contributed by atoms with E-state index in [1.807, 2.05) is 0 Å². The van der Waals surface area contributed by atoms with E-state index in [9.17, 15) is 5.11 Å². The van der Waals surface area contributed by atoms with E-state index in [1.54, 1.807) is 12.5 Å². The molecule has 1 saturated heterocycles. The maximum absolute atomic E-state index is 9.98. The fourth-order valence-corrected chi connectivity index (χ4v) is 2.89. The molecule has 0 radical (unpaired) electrons. The normalized spacial score (nSPS) is 23.5. The minimum atomic E-state index is -0.235. The van der Waals surface area contributed by atoms with Crippen LogP contribution in [0, 0.1) is 5.41 Å². The summed E-state index contributed by atoms with van der Waals surface area (Å²) in [5.74, 6) is 0.904. The van der Waals surface area contributed by atoms with Gasteiger partial charge >= 0.3 is 0 Å². The summed E-state index contributed by atoms with van der Waals surface area (Å²) in [4.78, 5) is 10.8. The van der Waals surface area contributed by atoms with Crippen molar-refractivity contribution < 1.29 is 5.11 Å². The van der Waals surface area contributed by atoms with Crippen LogP contribution < -0.4 is 4.90 Å². The zero-order chi connectivity index (χ0) is 13.5. The van der Waals surface area contributed by atoms with E-state index in [4.69, 9.17) is 0 Å². The molecular weight excluding hydrogens is 242 g/mol. The highest BCUT2D eigenvalue weighted by Gasteiger charge is 2.30. The number of aliphatic hydroxyl groups excluding tert-OH is 1. The second-order valence-corrected chi connectivity index (χ2v) is 6.06. The second-order valence-electron chi connectivity index (χ2n) is 6.06. The third-order valence-corrected chi connectivity index (χ3v) is 3.67. The molecule has 0 spiro atoms. The quantitative estimate of drug-likeness (QED) is 0.810. The van der Waals surface area contributed by atoms with Gasteiger partial charge in [-0.15, -0.1) is 0 Å². The molecule has 6 nitrogen and oxygen atoms in total. The monoisotopic (exact) mass is 261 g/mol. The highest BCUT2D eigenvalue weighted by atomic mass is 16.3. The minimum Gasteiger partial charge on any atom is -0.393 e. The van der Waals surface area contributed by atoms with Crippen molar-refractivity contribution in [2.75, 3.05) is 18.0 Å². The summed E-state index contributed by atoms with van der Waals surface area (Å²) in [6, 6.07) is 0. The molecule has 0 aromatic carbocycles. The van der Waals surface area contributed by atoms with Gasteiger partial charge in [0.1, 0.15) is 12.1 Å². The van der Waals surface area contributed by atoms with E-state index in [1.165, 1.54) is 0 Å². The van der Waals surface area contributed by atoms with Crippen LogP contribution in [0.5, 0.6) is 0 Å². The highest BCUT2D eigenvalue weighted by molar-refractivity contribution is 5.86. The molecular formula is C13H19N5O. The summed E-state index contributed by atoms with van der Waals surface area (Å²) in [7, 11) is 0. The van der Waals surface area contributed by atoms with E-state index in [0.717, 1.165) is 42.8 Å². The Morgan fingerprint density at radius 2 is 2.26 bits per heavy atom. The molecule has 1 unspecified atom stereocenters. The van der Waals surface area contributed by atoms with Gasteiger partial charge in [0.25, 0.3) is 0 Å². The molecule has 102 valence electrons. The fraction of sp³-hybridized carbons (Fsp3) is 0.615. The van der Waals surface area contributed by atoms with Crippen LogP contribution in [0.25, 0.3) is 11.0 Å². The van der Waals surface area contributed by atoms with Crippen LogP contribution in [0.15, 0.2) is 12.5 Å². The molecule has 2 N–H and O–H groups in total. The lowest BCUT2D eigenvalue weighted by molar-refractivity contribution is 0.123. The van der Waals surface area contributed by atoms with Gasteiger partial charge in [-0.3, -0.25) is 5.10 Å². The highest BCUT2D eigenvalue weighted by Crippen LogP contribution is 2.32. The third kappa shape index (κ3) is 2.40. The number of rotatable bonds is 1. The fourth-order valence-electron chi connectivity index (χ4n) is 2.89. The number of hydrogen-bond donors (Lipinski definition) is 2.